The van der Waals surface area contributed by atoms with Gasteiger partial charge in [-0.3, -0.25) is 4.79 Å². The summed E-state index contributed by atoms with van der Waals surface area (Å²) >= 11 is 5.83. The number of halogens is 2. The zero-order chi connectivity index (χ0) is 12.4. The van der Waals surface area contributed by atoms with Gasteiger partial charge in [0.25, 0.3) is 5.91 Å². The Balaban J connectivity index is 0.00000162. The number of nitrogens with zero attached hydrogens (tertiary/aromatic N) is 2. The van der Waals surface area contributed by atoms with Crippen molar-refractivity contribution >= 4 is 29.9 Å². The van der Waals surface area contributed by atoms with Gasteiger partial charge in [0.05, 0.1) is 5.56 Å². The molecule has 0 atom stereocenters. The molecule has 1 aliphatic heterocycles. The van der Waals surface area contributed by atoms with E-state index < -0.39 is 0 Å². The Morgan fingerprint density at radius 1 is 1.28 bits per heavy atom. The number of aromatic hydroxyl groups is 1. The van der Waals surface area contributed by atoms with Crippen LogP contribution >= 0.6 is 24.0 Å². The molecule has 1 aliphatic rings. The van der Waals surface area contributed by atoms with Crippen molar-refractivity contribution in [2.45, 2.75) is 0 Å². The molecule has 100 valence electrons. The van der Waals surface area contributed by atoms with Gasteiger partial charge in [-0.1, -0.05) is 11.6 Å². The second-order valence-electron chi connectivity index (χ2n) is 4.26. The van der Waals surface area contributed by atoms with E-state index in [0.717, 1.165) is 13.1 Å². The lowest BCUT2D eigenvalue weighted by molar-refractivity contribution is 0.0661. The molecule has 0 radical (unpaired) electrons. The molecule has 1 amide bonds. The number of benzene rings is 1. The van der Waals surface area contributed by atoms with E-state index in [0.29, 0.717) is 18.1 Å². The van der Waals surface area contributed by atoms with Crippen LogP contribution in [0.3, 0.4) is 0 Å². The molecular formula is C12H16Cl2N2O2. The van der Waals surface area contributed by atoms with Crippen molar-refractivity contribution in [1.82, 2.24) is 9.80 Å². The lowest BCUT2D eigenvalue weighted by atomic mass is 10.1. The quantitative estimate of drug-likeness (QED) is 0.859. The molecule has 6 heteroatoms. The molecule has 2 rings (SSSR count). The zero-order valence-electron chi connectivity index (χ0n) is 10.1. The van der Waals surface area contributed by atoms with E-state index in [-0.39, 0.29) is 29.6 Å². The number of rotatable bonds is 1. The van der Waals surface area contributed by atoms with Crippen molar-refractivity contribution in [3.63, 3.8) is 0 Å². The Labute approximate surface area is 118 Å². The third-order valence-electron chi connectivity index (χ3n) is 2.98. The first kappa shape index (κ1) is 15.1. The molecule has 1 N–H and O–H groups in total. The molecule has 18 heavy (non-hydrogen) atoms. The molecule has 0 unspecified atom stereocenters. The molecule has 1 heterocycles. The van der Waals surface area contributed by atoms with Gasteiger partial charge in [0.1, 0.15) is 5.75 Å². The van der Waals surface area contributed by atoms with Crippen LogP contribution in [0.1, 0.15) is 10.4 Å². The van der Waals surface area contributed by atoms with Crippen LogP contribution in [0.15, 0.2) is 18.2 Å². The van der Waals surface area contributed by atoms with Gasteiger partial charge in [-0.2, -0.15) is 0 Å². The molecule has 1 fully saturated rings. The second-order valence-corrected chi connectivity index (χ2v) is 4.69. The number of likely N-dealkylation sites (N-methyl/N-ethyl adjacent to an activating group) is 1. The summed E-state index contributed by atoms with van der Waals surface area (Å²) in [7, 11) is 2.03. The van der Waals surface area contributed by atoms with E-state index in [1.54, 1.807) is 11.0 Å². The molecule has 4 nitrogen and oxygen atoms in total. The number of phenolic OH excluding ortho intramolecular Hbond substituents is 1. The first-order chi connectivity index (χ1) is 8.08. The standard InChI is InChI=1S/C12H15ClN2O2.ClH/c1-14-4-6-15(7-5-14)12(17)10-8-9(13)2-3-11(10)16;/h2-3,8,16H,4-7H2,1H3;1H. The molecule has 0 aromatic heterocycles. The van der Waals surface area contributed by atoms with Gasteiger partial charge in [0.15, 0.2) is 0 Å². The molecule has 0 spiro atoms. The van der Waals surface area contributed by atoms with Crippen LogP contribution in [-0.4, -0.2) is 54.0 Å². The van der Waals surface area contributed by atoms with Crippen LogP contribution in [0.4, 0.5) is 0 Å². The summed E-state index contributed by atoms with van der Waals surface area (Å²) < 4.78 is 0. The highest BCUT2D eigenvalue weighted by Crippen LogP contribution is 2.23. The Hall–Kier alpha value is -0.970. The predicted octanol–water partition coefficient (Wildman–Crippen LogP) is 1.85. The van der Waals surface area contributed by atoms with E-state index in [2.05, 4.69) is 4.90 Å². The fourth-order valence-corrected chi connectivity index (χ4v) is 2.03. The van der Waals surface area contributed by atoms with Crippen molar-refractivity contribution in [1.29, 1.82) is 0 Å². The summed E-state index contributed by atoms with van der Waals surface area (Å²) in [5, 5.41) is 10.1. The first-order valence-corrected chi connectivity index (χ1v) is 5.92. The molecular weight excluding hydrogens is 275 g/mol. The van der Waals surface area contributed by atoms with Gasteiger partial charge in [-0.25, -0.2) is 0 Å². The van der Waals surface area contributed by atoms with Crippen molar-refractivity contribution in [3.8, 4) is 5.75 Å². The lowest BCUT2D eigenvalue weighted by Crippen LogP contribution is -2.47. The van der Waals surface area contributed by atoms with Gasteiger partial charge >= 0.3 is 0 Å². The third kappa shape index (κ3) is 3.28. The van der Waals surface area contributed by atoms with E-state index in [1.807, 2.05) is 7.05 Å². The van der Waals surface area contributed by atoms with Crippen LogP contribution in [0.25, 0.3) is 0 Å². The fourth-order valence-electron chi connectivity index (χ4n) is 1.86. The number of hydrogen-bond acceptors (Lipinski definition) is 3. The van der Waals surface area contributed by atoms with Gasteiger partial charge < -0.3 is 14.9 Å². The SMILES string of the molecule is CN1CCN(C(=O)c2cc(Cl)ccc2O)CC1.Cl. The van der Waals surface area contributed by atoms with Gasteiger partial charge in [-0.05, 0) is 25.2 Å². The van der Waals surface area contributed by atoms with Crippen LogP contribution < -0.4 is 0 Å². The summed E-state index contributed by atoms with van der Waals surface area (Å²) in [4.78, 5) is 16.1. The number of hydrogen-bond donors (Lipinski definition) is 1. The second kappa shape index (κ2) is 6.27. The maximum absolute atomic E-state index is 12.2. The van der Waals surface area contributed by atoms with Crippen molar-refractivity contribution < 1.29 is 9.90 Å². The van der Waals surface area contributed by atoms with Crippen LogP contribution in [0.5, 0.6) is 5.75 Å². The van der Waals surface area contributed by atoms with E-state index in [9.17, 15) is 9.90 Å². The van der Waals surface area contributed by atoms with E-state index in [1.165, 1.54) is 12.1 Å². The van der Waals surface area contributed by atoms with Crippen LogP contribution in [-0.2, 0) is 0 Å². The Kier molecular flexibility index (Phi) is 5.26. The van der Waals surface area contributed by atoms with E-state index >= 15 is 0 Å². The smallest absolute Gasteiger partial charge is 0.257 e. The summed E-state index contributed by atoms with van der Waals surface area (Å²) in [6.45, 7) is 3.07. The molecule has 0 aliphatic carbocycles. The van der Waals surface area contributed by atoms with Crippen molar-refractivity contribution in [2.24, 2.45) is 0 Å². The maximum atomic E-state index is 12.2. The van der Waals surface area contributed by atoms with E-state index in [4.69, 9.17) is 11.6 Å². The number of amides is 1. The summed E-state index contributed by atoms with van der Waals surface area (Å²) in [5.41, 5.74) is 0.280. The number of carbonyl (C=O) groups is 1. The van der Waals surface area contributed by atoms with Gasteiger partial charge in [0.2, 0.25) is 0 Å². The summed E-state index contributed by atoms with van der Waals surface area (Å²) in [6.07, 6.45) is 0. The zero-order valence-corrected chi connectivity index (χ0v) is 11.7. The van der Waals surface area contributed by atoms with Crippen molar-refractivity contribution in [3.05, 3.63) is 28.8 Å². The molecule has 1 aromatic carbocycles. The minimum Gasteiger partial charge on any atom is -0.507 e. The maximum Gasteiger partial charge on any atom is 0.257 e. The number of piperazine rings is 1. The fraction of sp³-hybridized carbons (Fsp3) is 0.417. The topological polar surface area (TPSA) is 43.8 Å². The highest BCUT2D eigenvalue weighted by Gasteiger charge is 2.22. The normalized spacial score (nSPS) is 16.2. The molecule has 0 saturated carbocycles. The minimum atomic E-state index is -0.155. The number of phenols is 1. The molecule has 0 bridgehead atoms. The lowest BCUT2D eigenvalue weighted by Gasteiger charge is -2.32. The largest absolute Gasteiger partial charge is 0.507 e. The average Bonchev–Trinajstić information content (AvgIpc) is 2.32. The Bertz CT molecular complexity index is 432. The average molecular weight is 291 g/mol. The third-order valence-corrected chi connectivity index (χ3v) is 3.21. The van der Waals surface area contributed by atoms with Gasteiger partial charge in [0, 0.05) is 31.2 Å². The predicted molar refractivity (Wildman–Crippen MR) is 73.8 cm³/mol. The molecule has 1 saturated heterocycles. The number of carbonyl (C=O) groups excluding carboxylic acids is 1. The summed E-state index contributed by atoms with van der Waals surface area (Å²) in [6, 6.07) is 4.53. The minimum absolute atomic E-state index is 0. The van der Waals surface area contributed by atoms with Crippen LogP contribution in [0.2, 0.25) is 5.02 Å². The van der Waals surface area contributed by atoms with Crippen LogP contribution in [0, 0.1) is 0 Å². The summed E-state index contributed by atoms with van der Waals surface area (Å²) in [5.74, 6) is -0.170. The van der Waals surface area contributed by atoms with Crippen molar-refractivity contribution in [2.75, 3.05) is 33.2 Å². The highest BCUT2D eigenvalue weighted by molar-refractivity contribution is 6.31. The highest BCUT2D eigenvalue weighted by atomic mass is 35.5. The van der Waals surface area contributed by atoms with Gasteiger partial charge in [-0.15, -0.1) is 12.4 Å². The Morgan fingerprint density at radius 3 is 2.50 bits per heavy atom. The molecule has 1 aromatic rings. The first-order valence-electron chi connectivity index (χ1n) is 5.54. The monoisotopic (exact) mass is 290 g/mol. The Morgan fingerprint density at radius 2 is 1.89 bits per heavy atom.